The predicted molar refractivity (Wildman–Crippen MR) is 107 cm³/mol. The first-order chi connectivity index (χ1) is 12.5. The zero-order valence-electron chi connectivity index (χ0n) is 14.8. The smallest absolute Gasteiger partial charge is 0.276 e. The number of nitrogens with zero attached hydrogens (tertiary/aromatic N) is 3. The van der Waals surface area contributed by atoms with Crippen LogP contribution in [0.25, 0.3) is 16.3 Å². The number of rotatable bonds is 2. The first-order valence-corrected chi connectivity index (χ1v) is 9.15. The molecule has 6 heteroatoms. The molecule has 1 aromatic heterocycles. The number of thiazole rings is 1. The molecule has 3 aromatic rings. The molecule has 2 heterocycles. The fourth-order valence-corrected chi connectivity index (χ4v) is 3.52. The molecular formula is C20H18N4OS. The van der Waals surface area contributed by atoms with E-state index in [2.05, 4.69) is 41.3 Å². The van der Waals surface area contributed by atoms with E-state index >= 15 is 0 Å². The van der Waals surface area contributed by atoms with Gasteiger partial charge in [-0.1, -0.05) is 12.1 Å². The molecule has 0 aliphatic carbocycles. The number of aromatic nitrogens is 1. The molecule has 1 aliphatic heterocycles. The zero-order valence-corrected chi connectivity index (χ0v) is 15.6. The van der Waals surface area contributed by atoms with Crippen molar-refractivity contribution >= 4 is 45.2 Å². The van der Waals surface area contributed by atoms with Gasteiger partial charge >= 0.3 is 0 Å². The minimum atomic E-state index is -0.194. The quantitative estimate of drug-likeness (QED) is 0.704. The number of aryl methyl sites for hydroxylation is 2. The van der Waals surface area contributed by atoms with Gasteiger partial charge in [-0.2, -0.15) is 0 Å². The van der Waals surface area contributed by atoms with E-state index in [1.807, 2.05) is 41.7 Å². The summed E-state index contributed by atoms with van der Waals surface area (Å²) >= 11 is 1.58. The third-order valence-corrected chi connectivity index (χ3v) is 5.33. The predicted octanol–water partition coefficient (Wildman–Crippen LogP) is 3.88. The van der Waals surface area contributed by atoms with Gasteiger partial charge in [0.05, 0.1) is 15.7 Å². The number of amides is 1. The van der Waals surface area contributed by atoms with Crippen molar-refractivity contribution in [1.29, 1.82) is 0 Å². The summed E-state index contributed by atoms with van der Waals surface area (Å²) in [5.74, 6) is 0.337. The molecule has 1 amide bonds. The monoisotopic (exact) mass is 362 g/mol. The van der Waals surface area contributed by atoms with Crippen LogP contribution in [0.15, 0.2) is 52.6 Å². The first kappa shape index (κ1) is 16.5. The van der Waals surface area contributed by atoms with E-state index in [9.17, 15) is 4.79 Å². The zero-order chi connectivity index (χ0) is 18.3. The molecule has 2 aromatic carbocycles. The summed E-state index contributed by atoms with van der Waals surface area (Å²) in [4.78, 5) is 23.0. The van der Waals surface area contributed by atoms with E-state index in [0.717, 1.165) is 21.5 Å². The van der Waals surface area contributed by atoms with E-state index in [-0.39, 0.29) is 5.91 Å². The Kier molecular flexibility index (Phi) is 4.05. The van der Waals surface area contributed by atoms with Crippen molar-refractivity contribution in [3.63, 3.8) is 0 Å². The Bertz CT molecular complexity index is 1080. The SMILES string of the molecule is Cc1ccc(N(C)C2=N/C(=C\c3ccc4ncsc4c3)C(=O)N2)cc1C. The number of guanidine groups is 1. The lowest BCUT2D eigenvalue weighted by atomic mass is 10.1. The van der Waals surface area contributed by atoms with Crippen molar-refractivity contribution in [2.75, 3.05) is 11.9 Å². The summed E-state index contributed by atoms with van der Waals surface area (Å²) in [6, 6.07) is 12.1. The Morgan fingerprint density at radius 3 is 2.77 bits per heavy atom. The van der Waals surface area contributed by atoms with E-state index in [4.69, 9.17) is 0 Å². The normalized spacial score (nSPS) is 15.4. The molecule has 130 valence electrons. The number of benzene rings is 2. The topological polar surface area (TPSA) is 57.6 Å². The van der Waals surface area contributed by atoms with Crippen LogP contribution in [0.2, 0.25) is 0 Å². The van der Waals surface area contributed by atoms with Crippen molar-refractivity contribution < 1.29 is 4.79 Å². The molecule has 4 rings (SSSR count). The van der Waals surface area contributed by atoms with Crippen LogP contribution in [0.4, 0.5) is 5.69 Å². The van der Waals surface area contributed by atoms with Crippen molar-refractivity contribution in [2.45, 2.75) is 13.8 Å². The minimum absolute atomic E-state index is 0.194. The molecule has 0 fully saturated rings. The largest absolute Gasteiger partial charge is 0.315 e. The molecule has 26 heavy (non-hydrogen) atoms. The van der Waals surface area contributed by atoms with Gasteiger partial charge in [0.25, 0.3) is 5.91 Å². The molecule has 0 saturated carbocycles. The second-order valence-electron chi connectivity index (χ2n) is 6.33. The van der Waals surface area contributed by atoms with Crippen LogP contribution in [-0.4, -0.2) is 23.9 Å². The number of nitrogens with one attached hydrogen (secondary N) is 1. The lowest BCUT2D eigenvalue weighted by Gasteiger charge is -2.19. The van der Waals surface area contributed by atoms with Crippen LogP contribution >= 0.6 is 11.3 Å². The highest BCUT2D eigenvalue weighted by Gasteiger charge is 2.23. The standard InChI is InChI=1S/C20H18N4OS/c1-12-4-6-15(8-13(12)2)24(3)20-22-17(19(25)23-20)9-14-5-7-16-18(10-14)26-11-21-16/h4-11H,1-3H3,(H,22,23,25)/b17-9-. The third-order valence-electron chi connectivity index (χ3n) is 4.54. The summed E-state index contributed by atoms with van der Waals surface area (Å²) in [5, 5.41) is 2.85. The average Bonchev–Trinajstić information content (AvgIpc) is 3.23. The summed E-state index contributed by atoms with van der Waals surface area (Å²) in [5.41, 5.74) is 7.54. The van der Waals surface area contributed by atoms with Crippen molar-refractivity contribution in [1.82, 2.24) is 10.3 Å². The van der Waals surface area contributed by atoms with Gasteiger partial charge in [0.15, 0.2) is 0 Å². The van der Waals surface area contributed by atoms with Gasteiger partial charge in [-0.05, 0) is 60.9 Å². The number of fused-ring (bicyclic) bond motifs is 1. The molecule has 0 radical (unpaired) electrons. The lowest BCUT2D eigenvalue weighted by Crippen LogP contribution is -2.37. The summed E-state index contributed by atoms with van der Waals surface area (Å²) in [7, 11) is 1.90. The fraction of sp³-hybridized carbons (Fsp3) is 0.150. The summed E-state index contributed by atoms with van der Waals surface area (Å²) in [6.45, 7) is 4.15. The number of aliphatic imine (C=N–C) groups is 1. The highest BCUT2D eigenvalue weighted by atomic mass is 32.1. The number of carbonyl (C=O) groups excluding carboxylic acids is 1. The van der Waals surface area contributed by atoms with E-state index < -0.39 is 0 Å². The molecule has 5 nitrogen and oxygen atoms in total. The molecule has 0 atom stereocenters. The number of hydrogen-bond acceptors (Lipinski definition) is 5. The van der Waals surface area contributed by atoms with Gasteiger partial charge in [0.1, 0.15) is 5.70 Å². The number of hydrogen-bond donors (Lipinski definition) is 1. The maximum Gasteiger partial charge on any atom is 0.276 e. The molecule has 0 spiro atoms. The molecule has 1 aliphatic rings. The highest BCUT2D eigenvalue weighted by Crippen LogP contribution is 2.23. The van der Waals surface area contributed by atoms with Crippen molar-refractivity contribution in [3.05, 3.63) is 64.3 Å². The van der Waals surface area contributed by atoms with Gasteiger partial charge < -0.3 is 4.90 Å². The van der Waals surface area contributed by atoms with E-state index in [1.54, 1.807) is 17.4 Å². The molecular weight excluding hydrogens is 344 g/mol. The average molecular weight is 362 g/mol. The minimum Gasteiger partial charge on any atom is -0.315 e. The number of carbonyl (C=O) groups is 1. The van der Waals surface area contributed by atoms with Gasteiger partial charge in [0, 0.05) is 12.7 Å². The van der Waals surface area contributed by atoms with Crippen LogP contribution in [0.3, 0.4) is 0 Å². The molecule has 0 unspecified atom stereocenters. The fourth-order valence-electron chi connectivity index (χ4n) is 2.79. The summed E-state index contributed by atoms with van der Waals surface area (Å²) < 4.78 is 1.09. The Morgan fingerprint density at radius 1 is 1.12 bits per heavy atom. The van der Waals surface area contributed by atoms with Crippen LogP contribution in [-0.2, 0) is 4.79 Å². The van der Waals surface area contributed by atoms with Crippen LogP contribution < -0.4 is 10.2 Å². The maximum absolute atomic E-state index is 12.3. The summed E-state index contributed by atoms with van der Waals surface area (Å²) in [6.07, 6.45) is 1.80. The Morgan fingerprint density at radius 2 is 1.96 bits per heavy atom. The van der Waals surface area contributed by atoms with Crippen molar-refractivity contribution in [2.24, 2.45) is 4.99 Å². The Hall–Kier alpha value is -2.99. The van der Waals surface area contributed by atoms with Gasteiger partial charge in [-0.15, -0.1) is 11.3 Å². The van der Waals surface area contributed by atoms with Crippen LogP contribution in [0.1, 0.15) is 16.7 Å². The van der Waals surface area contributed by atoms with Gasteiger partial charge in [-0.3, -0.25) is 10.1 Å². The van der Waals surface area contributed by atoms with E-state index in [1.165, 1.54) is 11.1 Å². The van der Waals surface area contributed by atoms with E-state index in [0.29, 0.717) is 11.7 Å². The first-order valence-electron chi connectivity index (χ1n) is 8.27. The second kappa shape index (κ2) is 6.38. The highest BCUT2D eigenvalue weighted by molar-refractivity contribution is 7.16. The van der Waals surface area contributed by atoms with Crippen LogP contribution in [0.5, 0.6) is 0 Å². The van der Waals surface area contributed by atoms with Crippen LogP contribution in [0, 0.1) is 13.8 Å². The Labute approximate surface area is 155 Å². The molecule has 0 saturated heterocycles. The van der Waals surface area contributed by atoms with Gasteiger partial charge in [0.2, 0.25) is 5.96 Å². The molecule has 0 bridgehead atoms. The second-order valence-corrected chi connectivity index (χ2v) is 7.21. The lowest BCUT2D eigenvalue weighted by molar-refractivity contribution is -0.115. The third kappa shape index (κ3) is 2.99. The Balaban J connectivity index is 1.64. The number of anilines is 1. The molecule has 1 N–H and O–H groups in total. The van der Waals surface area contributed by atoms with Gasteiger partial charge in [-0.25, -0.2) is 9.98 Å². The van der Waals surface area contributed by atoms with Crippen molar-refractivity contribution in [3.8, 4) is 0 Å². The maximum atomic E-state index is 12.3.